The highest BCUT2D eigenvalue weighted by molar-refractivity contribution is 5.99. The summed E-state index contributed by atoms with van der Waals surface area (Å²) in [5, 5.41) is 8.82. The van der Waals surface area contributed by atoms with Gasteiger partial charge in [-0.15, -0.1) is 0 Å². The summed E-state index contributed by atoms with van der Waals surface area (Å²) < 4.78 is 5.48. The fraction of sp³-hybridized carbons (Fsp3) is 0.375. The van der Waals surface area contributed by atoms with Gasteiger partial charge in [-0.05, 0) is 37.8 Å². The monoisotopic (exact) mass is 274 g/mol. The first kappa shape index (κ1) is 14.5. The molecule has 0 bridgehead atoms. The molecule has 0 aliphatic carbocycles. The maximum atomic E-state index is 12.2. The summed E-state index contributed by atoms with van der Waals surface area (Å²) in [4.78, 5) is 23.0. The first-order chi connectivity index (χ1) is 9.58. The van der Waals surface area contributed by atoms with Crippen LogP contribution in [0.5, 0.6) is 0 Å². The molecule has 1 unspecified atom stereocenters. The van der Waals surface area contributed by atoms with Crippen LogP contribution in [0.25, 0.3) is 6.08 Å². The van der Waals surface area contributed by atoms with Gasteiger partial charge in [0.1, 0.15) is 6.10 Å². The summed E-state index contributed by atoms with van der Waals surface area (Å²) in [6.07, 6.45) is 4.06. The van der Waals surface area contributed by atoms with Crippen molar-refractivity contribution in [3.63, 3.8) is 0 Å². The lowest BCUT2D eigenvalue weighted by Crippen LogP contribution is -2.28. The van der Waals surface area contributed by atoms with Gasteiger partial charge < -0.3 is 9.84 Å². The number of carbonyl (C=O) groups excluding carboxylic acids is 1. The van der Waals surface area contributed by atoms with Crippen LogP contribution in [0.2, 0.25) is 0 Å². The topological polar surface area (TPSA) is 63.6 Å². The summed E-state index contributed by atoms with van der Waals surface area (Å²) in [6.45, 7) is 2.19. The van der Waals surface area contributed by atoms with E-state index in [-0.39, 0.29) is 17.5 Å². The number of rotatable bonds is 4. The fourth-order valence-corrected chi connectivity index (χ4v) is 2.19. The van der Waals surface area contributed by atoms with Gasteiger partial charge in [-0.2, -0.15) is 0 Å². The predicted molar refractivity (Wildman–Crippen MR) is 75.7 cm³/mol. The lowest BCUT2D eigenvalue weighted by molar-refractivity contribution is -0.132. The van der Waals surface area contributed by atoms with Gasteiger partial charge in [0.25, 0.3) is 0 Å². The molecular formula is C16H18O4. The Balaban J connectivity index is 2.09. The van der Waals surface area contributed by atoms with Crippen LogP contribution in [0.1, 0.15) is 42.1 Å². The van der Waals surface area contributed by atoms with E-state index in [1.165, 1.54) is 6.92 Å². The van der Waals surface area contributed by atoms with Crippen molar-refractivity contribution in [3.8, 4) is 0 Å². The Bertz CT molecular complexity index is 522. The predicted octanol–water partition coefficient (Wildman–Crippen LogP) is 2.93. The third kappa shape index (κ3) is 3.54. The smallest absolute Gasteiger partial charge is 0.331 e. The van der Waals surface area contributed by atoms with Crippen molar-refractivity contribution in [2.75, 3.05) is 6.61 Å². The molecule has 1 saturated heterocycles. The molecule has 4 heteroatoms. The zero-order valence-electron chi connectivity index (χ0n) is 11.5. The normalized spacial score (nSPS) is 19.6. The third-order valence-electron chi connectivity index (χ3n) is 3.39. The van der Waals surface area contributed by atoms with Crippen LogP contribution >= 0.6 is 0 Å². The molecule has 1 aromatic carbocycles. The molecular weight excluding hydrogens is 256 g/mol. The van der Waals surface area contributed by atoms with E-state index in [0.717, 1.165) is 24.8 Å². The van der Waals surface area contributed by atoms with E-state index < -0.39 is 5.97 Å². The van der Waals surface area contributed by atoms with Crippen LogP contribution in [-0.4, -0.2) is 29.6 Å². The number of hydrogen-bond acceptors (Lipinski definition) is 3. The van der Waals surface area contributed by atoms with Crippen molar-refractivity contribution in [2.45, 2.75) is 32.3 Å². The first-order valence-electron chi connectivity index (χ1n) is 6.75. The van der Waals surface area contributed by atoms with E-state index in [2.05, 4.69) is 0 Å². The fourth-order valence-electron chi connectivity index (χ4n) is 2.19. The number of carbonyl (C=O) groups is 2. The summed E-state index contributed by atoms with van der Waals surface area (Å²) in [6, 6.07) is 6.95. The molecule has 0 radical (unpaired) electrons. The van der Waals surface area contributed by atoms with Crippen LogP contribution in [0, 0.1) is 0 Å². The third-order valence-corrected chi connectivity index (χ3v) is 3.39. The Labute approximate surface area is 118 Å². The van der Waals surface area contributed by atoms with E-state index >= 15 is 0 Å². The molecule has 0 saturated carbocycles. The second-order valence-electron chi connectivity index (χ2n) is 4.97. The number of hydrogen-bond donors (Lipinski definition) is 1. The van der Waals surface area contributed by atoms with E-state index in [1.54, 1.807) is 30.3 Å². The largest absolute Gasteiger partial charge is 0.478 e. The zero-order valence-corrected chi connectivity index (χ0v) is 11.5. The van der Waals surface area contributed by atoms with Crippen LogP contribution in [-0.2, 0) is 9.53 Å². The molecule has 0 amide bonds. The van der Waals surface area contributed by atoms with Crippen molar-refractivity contribution in [1.82, 2.24) is 0 Å². The van der Waals surface area contributed by atoms with Crippen LogP contribution in [0.4, 0.5) is 0 Å². The average Bonchev–Trinajstić information content (AvgIpc) is 2.48. The molecule has 1 N–H and O–H groups in total. The average molecular weight is 274 g/mol. The molecule has 1 heterocycles. The van der Waals surface area contributed by atoms with Gasteiger partial charge in [0.05, 0.1) is 0 Å². The van der Waals surface area contributed by atoms with E-state index in [4.69, 9.17) is 9.84 Å². The quantitative estimate of drug-likeness (QED) is 0.677. The van der Waals surface area contributed by atoms with Crippen molar-refractivity contribution in [2.24, 2.45) is 0 Å². The van der Waals surface area contributed by atoms with Crippen LogP contribution in [0.3, 0.4) is 0 Å². The lowest BCUT2D eigenvalue weighted by atomic mass is 9.99. The number of benzene rings is 1. The molecule has 4 nitrogen and oxygen atoms in total. The lowest BCUT2D eigenvalue weighted by Gasteiger charge is -2.21. The number of Topliss-reactive ketones (excluding diaryl/α,β-unsaturated/α-hetero) is 1. The number of ether oxygens (including phenoxy) is 1. The van der Waals surface area contributed by atoms with Crippen LogP contribution < -0.4 is 0 Å². The summed E-state index contributed by atoms with van der Waals surface area (Å²) in [5.74, 6) is -0.934. The maximum Gasteiger partial charge on any atom is 0.331 e. The minimum atomic E-state index is -0.944. The Morgan fingerprint density at radius 1 is 1.25 bits per heavy atom. The number of carboxylic acids is 1. The second-order valence-corrected chi connectivity index (χ2v) is 4.97. The molecule has 1 aliphatic heterocycles. The Morgan fingerprint density at radius 3 is 2.50 bits per heavy atom. The highest BCUT2D eigenvalue weighted by atomic mass is 16.5. The Morgan fingerprint density at radius 2 is 1.95 bits per heavy atom. The van der Waals surface area contributed by atoms with Gasteiger partial charge in [0.15, 0.2) is 5.78 Å². The zero-order chi connectivity index (χ0) is 14.5. The standard InChI is InChI=1S/C16H18O4/c1-11(16(18)19)10-12-5-7-13(8-6-12)15(17)14-4-2-3-9-20-14/h5-8,10,14H,2-4,9H2,1H3,(H,18,19). The number of carboxylic acid groups (broad SMARTS) is 1. The van der Waals surface area contributed by atoms with Crippen LogP contribution in [0.15, 0.2) is 29.8 Å². The molecule has 1 aliphatic rings. The molecule has 2 rings (SSSR count). The number of ketones is 1. The molecule has 0 spiro atoms. The van der Waals surface area contributed by atoms with Crippen molar-refractivity contribution in [1.29, 1.82) is 0 Å². The Hall–Kier alpha value is -1.94. The Kier molecular flexibility index (Phi) is 4.69. The van der Waals surface area contributed by atoms with Gasteiger partial charge in [-0.3, -0.25) is 4.79 Å². The van der Waals surface area contributed by atoms with E-state index in [9.17, 15) is 9.59 Å². The highest BCUT2D eigenvalue weighted by Crippen LogP contribution is 2.18. The van der Waals surface area contributed by atoms with E-state index in [0.29, 0.717) is 12.2 Å². The minimum Gasteiger partial charge on any atom is -0.478 e. The second kappa shape index (κ2) is 6.48. The van der Waals surface area contributed by atoms with Crippen molar-refractivity contribution in [3.05, 3.63) is 41.0 Å². The van der Waals surface area contributed by atoms with Crippen molar-refractivity contribution >= 4 is 17.8 Å². The van der Waals surface area contributed by atoms with E-state index in [1.807, 2.05) is 0 Å². The summed E-state index contributed by atoms with van der Waals surface area (Å²) in [7, 11) is 0. The molecule has 0 aromatic heterocycles. The first-order valence-corrected chi connectivity index (χ1v) is 6.75. The molecule has 1 atom stereocenters. The van der Waals surface area contributed by atoms with Gasteiger partial charge in [0.2, 0.25) is 0 Å². The summed E-state index contributed by atoms with van der Waals surface area (Å²) >= 11 is 0. The maximum absolute atomic E-state index is 12.2. The molecule has 20 heavy (non-hydrogen) atoms. The van der Waals surface area contributed by atoms with Gasteiger partial charge in [0, 0.05) is 17.7 Å². The van der Waals surface area contributed by atoms with Gasteiger partial charge in [-0.1, -0.05) is 24.3 Å². The molecule has 1 aromatic rings. The minimum absolute atomic E-state index is 0.00943. The summed E-state index contributed by atoms with van der Waals surface area (Å²) in [5.41, 5.74) is 1.65. The van der Waals surface area contributed by atoms with Gasteiger partial charge in [-0.25, -0.2) is 4.79 Å². The highest BCUT2D eigenvalue weighted by Gasteiger charge is 2.22. The van der Waals surface area contributed by atoms with Gasteiger partial charge >= 0.3 is 5.97 Å². The SMILES string of the molecule is CC(=Cc1ccc(C(=O)C2CCCCO2)cc1)C(=O)O. The molecule has 1 fully saturated rings. The van der Waals surface area contributed by atoms with Crippen molar-refractivity contribution < 1.29 is 19.4 Å². The number of aliphatic carboxylic acids is 1. The molecule has 106 valence electrons.